The molecule has 0 unspecified atom stereocenters. The standard InChI is InChI=1S/C9H8Cl2N4O/c1-5-3-7(15(2)14-5)16-8-6(10)4-12-9(11)13-8/h3-4H,1-2H3. The van der Waals surface area contributed by atoms with Crippen LogP contribution in [0.4, 0.5) is 0 Å². The van der Waals surface area contributed by atoms with Crippen LogP contribution in [-0.4, -0.2) is 19.7 Å². The third-order valence-corrected chi connectivity index (χ3v) is 2.28. The predicted octanol–water partition coefficient (Wildman–Crippen LogP) is 2.62. The molecule has 0 spiro atoms. The zero-order valence-electron chi connectivity index (χ0n) is 8.61. The molecule has 0 saturated carbocycles. The van der Waals surface area contributed by atoms with E-state index in [9.17, 15) is 0 Å². The van der Waals surface area contributed by atoms with E-state index in [4.69, 9.17) is 27.9 Å². The second kappa shape index (κ2) is 4.27. The molecule has 0 radical (unpaired) electrons. The second-order valence-corrected chi connectivity index (χ2v) is 3.89. The van der Waals surface area contributed by atoms with Crippen LogP contribution >= 0.6 is 23.2 Å². The van der Waals surface area contributed by atoms with Crippen LogP contribution in [0.25, 0.3) is 0 Å². The molecule has 0 amide bonds. The highest BCUT2D eigenvalue weighted by Gasteiger charge is 2.10. The topological polar surface area (TPSA) is 52.8 Å². The van der Waals surface area contributed by atoms with E-state index in [0.717, 1.165) is 5.69 Å². The molecular formula is C9H8Cl2N4O. The van der Waals surface area contributed by atoms with Crippen LogP contribution in [0.15, 0.2) is 12.3 Å². The molecule has 84 valence electrons. The molecule has 2 aromatic heterocycles. The van der Waals surface area contributed by atoms with Crippen LogP contribution in [0.1, 0.15) is 5.69 Å². The largest absolute Gasteiger partial charge is 0.419 e. The van der Waals surface area contributed by atoms with Gasteiger partial charge in [0, 0.05) is 13.1 Å². The van der Waals surface area contributed by atoms with Crippen molar-refractivity contribution in [2.45, 2.75) is 6.92 Å². The third kappa shape index (κ3) is 2.25. The Bertz CT molecular complexity index is 526. The van der Waals surface area contributed by atoms with Gasteiger partial charge in [-0.15, -0.1) is 0 Å². The Kier molecular flexibility index (Phi) is 2.98. The number of hydrogen-bond donors (Lipinski definition) is 0. The van der Waals surface area contributed by atoms with E-state index in [2.05, 4.69) is 15.1 Å². The fraction of sp³-hybridized carbons (Fsp3) is 0.222. The minimum atomic E-state index is 0.0818. The maximum Gasteiger partial charge on any atom is 0.244 e. The minimum Gasteiger partial charge on any atom is -0.419 e. The Morgan fingerprint density at radius 2 is 2.12 bits per heavy atom. The quantitative estimate of drug-likeness (QED) is 0.778. The molecule has 0 fully saturated rings. The van der Waals surface area contributed by atoms with Gasteiger partial charge >= 0.3 is 0 Å². The van der Waals surface area contributed by atoms with Crippen molar-refractivity contribution >= 4 is 23.2 Å². The Hall–Kier alpha value is -1.33. The van der Waals surface area contributed by atoms with Gasteiger partial charge in [0.2, 0.25) is 17.0 Å². The van der Waals surface area contributed by atoms with E-state index in [0.29, 0.717) is 10.9 Å². The lowest BCUT2D eigenvalue weighted by Gasteiger charge is -2.05. The molecule has 16 heavy (non-hydrogen) atoms. The number of ether oxygens (including phenoxy) is 1. The number of aryl methyl sites for hydroxylation is 2. The molecule has 0 N–H and O–H groups in total. The average molecular weight is 259 g/mol. The van der Waals surface area contributed by atoms with E-state index in [1.807, 2.05) is 6.92 Å². The maximum atomic E-state index is 5.87. The van der Waals surface area contributed by atoms with Crippen LogP contribution < -0.4 is 4.74 Å². The van der Waals surface area contributed by atoms with Crippen molar-refractivity contribution in [1.29, 1.82) is 0 Å². The average Bonchev–Trinajstić information content (AvgIpc) is 2.51. The van der Waals surface area contributed by atoms with E-state index >= 15 is 0 Å². The fourth-order valence-corrected chi connectivity index (χ4v) is 1.44. The number of halogens is 2. The molecule has 7 heteroatoms. The fourth-order valence-electron chi connectivity index (χ4n) is 1.18. The molecule has 0 saturated heterocycles. The summed E-state index contributed by atoms with van der Waals surface area (Å²) < 4.78 is 7.06. The first-order valence-electron chi connectivity index (χ1n) is 4.43. The van der Waals surface area contributed by atoms with Gasteiger partial charge in [-0.1, -0.05) is 11.6 Å². The number of rotatable bonds is 2. The van der Waals surface area contributed by atoms with Gasteiger partial charge in [-0.2, -0.15) is 10.1 Å². The monoisotopic (exact) mass is 258 g/mol. The summed E-state index contributed by atoms with van der Waals surface area (Å²) in [4.78, 5) is 7.61. The van der Waals surface area contributed by atoms with Crippen molar-refractivity contribution in [1.82, 2.24) is 19.7 Å². The molecule has 2 rings (SSSR count). The smallest absolute Gasteiger partial charge is 0.244 e. The zero-order chi connectivity index (χ0) is 11.7. The minimum absolute atomic E-state index is 0.0818. The normalized spacial score (nSPS) is 10.5. The highest BCUT2D eigenvalue weighted by molar-refractivity contribution is 6.32. The third-order valence-electron chi connectivity index (χ3n) is 1.84. The van der Waals surface area contributed by atoms with Gasteiger partial charge in [0.1, 0.15) is 5.02 Å². The van der Waals surface area contributed by atoms with Crippen LogP contribution in [0.2, 0.25) is 10.3 Å². The number of nitrogens with zero attached hydrogens (tertiary/aromatic N) is 4. The Morgan fingerprint density at radius 3 is 2.75 bits per heavy atom. The molecule has 0 bridgehead atoms. The van der Waals surface area contributed by atoms with E-state index in [1.54, 1.807) is 17.8 Å². The molecule has 0 aliphatic carbocycles. The molecule has 2 aromatic rings. The van der Waals surface area contributed by atoms with Gasteiger partial charge in [0.25, 0.3) is 0 Å². The first-order valence-corrected chi connectivity index (χ1v) is 5.18. The van der Waals surface area contributed by atoms with Gasteiger partial charge in [0.15, 0.2) is 0 Å². The van der Waals surface area contributed by atoms with Gasteiger partial charge in [-0.05, 0) is 18.5 Å². The first kappa shape index (κ1) is 11.2. The highest BCUT2D eigenvalue weighted by Crippen LogP contribution is 2.27. The number of hydrogen-bond acceptors (Lipinski definition) is 4. The van der Waals surface area contributed by atoms with Crippen LogP contribution in [0, 0.1) is 6.92 Å². The van der Waals surface area contributed by atoms with E-state index < -0.39 is 0 Å². The van der Waals surface area contributed by atoms with Gasteiger partial charge < -0.3 is 4.74 Å². The lowest BCUT2D eigenvalue weighted by molar-refractivity contribution is 0.415. The van der Waals surface area contributed by atoms with Crippen molar-refractivity contribution in [2.75, 3.05) is 0 Å². The molecule has 0 aromatic carbocycles. The lowest BCUT2D eigenvalue weighted by atomic mass is 10.5. The molecule has 0 aliphatic heterocycles. The summed E-state index contributed by atoms with van der Waals surface area (Å²) >= 11 is 11.5. The van der Waals surface area contributed by atoms with Crippen molar-refractivity contribution in [2.24, 2.45) is 7.05 Å². The second-order valence-electron chi connectivity index (χ2n) is 3.14. The summed E-state index contributed by atoms with van der Waals surface area (Å²) in [6, 6.07) is 1.77. The van der Waals surface area contributed by atoms with Crippen molar-refractivity contribution in [3.8, 4) is 11.8 Å². The SMILES string of the molecule is Cc1cc(Oc2nc(Cl)ncc2Cl)n(C)n1. The Balaban J connectivity index is 2.33. The van der Waals surface area contributed by atoms with Gasteiger partial charge in [0.05, 0.1) is 11.9 Å². The summed E-state index contributed by atoms with van der Waals surface area (Å²) in [7, 11) is 1.76. The zero-order valence-corrected chi connectivity index (χ0v) is 10.1. The summed E-state index contributed by atoms with van der Waals surface area (Å²) in [5.74, 6) is 0.749. The van der Waals surface area contributed by atoms with Crippen molar-refractivity contribution < 1.29 is 4.74 Å². The Morgan fingerprint density at radius 1 is 1.38 bits per heavy atom. The highest BCUT2D eigenvalue weighted by atomic mass is 35.5. The summed E-state index contributed by atoms with van der Waals surface area (Å²) in [6.07, 6.45) is 1.38. The van der Waals surface area contributed by atoms with E-state index in [-0.39, 0.29) is 11.2 Å². The van der Waals surface area contributed by atoms with E-state index in [1.165, 1.54) is 6.20 Å². The number of aromatic nitrogens is 4. The van der Waals surface area contributed by atoms with Crippen LogP contribution in [0.3, 0.4) is 0 Å². The summed E-state index contributed by atoms with van der Waals surface area (Å²) in [5, 5.41) is 4.51. The van der Waals surface area contributed by atoms with Crippen LogP contribution in [-0.2, 0) is 7.05 Å². The van der Waals surface area contributed by atoms with Crippen molar-refractivity contribution in [3.05, 3.63) is 28.3 Å². The van der Waals surface area contributed by atoms with Gasteiger partial charge in [-0.25, -0.2) is 9.67 Å². The molecular weight excluding hydrogens is 251 g/mol. The van der Waals surface area contributed by atoms with Gasteiger partial charge in [-0.3, -0.25) is 0 Å². The first-order chi connectivity index (χ1) is 7.56. The maximum absolute atomic E-state index is 5.87. The predicted molar refractivity (Wildman–Crippen MR) is 60.1 cm³/mol. The van der Waals surface area contributed by atoms with Crippen LogP contribution in [0.5, 0.6) is 11.8 Å². The molecule has 0 atom stereocenters. The van der Waals surface area contributed by atoms with Crippen molar-refractivity contribution in [3.63, 3.8) is 0 Å². The summed E-state index contributed by atoms with van der Waals surface area (Å²) in [6.45, 7) is 1.86. The summed E-state index contributed by atoms with van der Waals surface area (Å²) in [5.41, 5.74) is 0.841. The Labute approximate surface area is 102 Å². The molecule has 5 nitrogen and oxygen atoms in total. The molecule has 2 heterocycles. The molecule has 0 aliphatic rings. The lowest BCUT2D eigenvalue weighted by Crippen LogP contribution is -1.97.